The van der Waals surface area contributed by atoms with Crippen LogP contribution in [0, 0.1) is 6.92 Å². The van der Waals surface area contributed by atoms with E-state index in [4.69, 9.17) is 25.8 Å². The summed E-state index contributed by atoms with van der Waals surface area (Å²) >= 11 is 7.61. The first kappa shape index (κ1) is 21.0. The van der Waals surface area contributed by atoms with Gasteiger partial charge in [-0.15, -0.1) is 11.3 Å². The van der Waals surface area contributed by atoms with E-state index in [1.165, 1.54) is 32.7 Å². The molecule has 0 radical (unpaired) electrons. The number of nitrogens with zero attached hydrogens (tertiary/aromatic N) is 1. The average molecular weight is 433 g/mol. The van der Waals surface area contributed by atoms with Crippen LogP contribution in [0.5, 0.6) is 17.2 Å². The maximum absolute atomic E-state index is 12.8. The Kier molecular flexibility index (Phi) is 6.61. The van der Waals surface area contributed by atoms with Gasteiger partial charge in [0.2, 0.25) is 5.75 Å². The SMILES string of the molecule is COc1ccc(C(=O)Nc2ncc(Cc3ccc(C)c(Cl)c3)s2)c(OC)c1OC. The number of hydrogen-bond acceptors (Lipinski definition) is 6. The van der Waals surface area contributed by atoms with Gasteiger partial charge in [0.15, 0.2) is 16.6 Å². The molecule has 0 unspecified atom stereocenters. The third kappa shape index (κ3) is 4.63. The Labute approximate surface area is 178 Å². The smallest absolute Gasteiger partial charge is 0.261 e. The van der Waals surface area contributed by atoms with Crippen molar-refractivity contribution in [1.29, 1.82) is 0 Å². The van der Waals surface area contributed by atoms with Crippen LogP contribution in [0.3, 0.4) is 0 Å². The summed E-state index contributed by atoms with van der Waals surface area (Å²) in [6, 6.07) is 9.25. The molecule has 0 bridgehead atoms. The van der Waals surface area contributed by atoms with Gasteiger partial charge in [0.05, 0.1) is 26.9 Å². The van der Waals surface area contributed by atoms with Crippen molar-refractivity contribution < 1.29 is 19.0 Å². The lowest BCUT2D eigenvalue weighted by molar-refractivity contribution is 0.102. The second-order valence-corrected chi connectivity index (χ2v) is 7.75. The standard InChI is InChI=1S/C21H21ClN2O4S/c1-12-5-6-13(10-16(12)22)9-14-11-23-21(29-14)24-20(25)15-7-8-17(26-2)19(28-4)18(15)27-3/h5-8,10-11H,9H2,1-4H3,(H,23,24,25). The second-order valence-electron chi connectivity index (χ2n) is 6.23. The monoisotopic (exact) mass is 432 g/mol. The Hall–Kier alpha value is -2.77. The van der Waals surface area contributed by atoms with E-state index in [0.717, 1.165) is 21.0 Å². The number of aryl methyl sites for hydroxylation is 1. The largest absolute Gasteiger partial charge is 0.493 e. The zero-order valence-electron chi connectivity index (χ0n) is 16.5. The second kappa shape index (κ2) is 9.15. The van der Waals surface area contributed by atoms with Crippen LogP contribution in [0.2, 0.25) is 5.02 Å². The minimum atomic E-state index is -0.345. The number of amides is 1. The molecule has 29 heavy (non-hydrogen) atoms. The van der Waals surface area contributed by atoms with Gasteiger partial charge in [-0.25, -0.2) is 4.98 Å². The first-order valence-electron chi connectivity index (χ1n) is 8.76. The van der Waals surface area contributed by atoms with Gasteiger partial charge in [-0.1, -0.05) is 23.7 Å². The van der Waals surface area contributed by atoms with Crippen LogP contribution in [0.1, 0.15) is 26.4 Å². The van der Waals surface area contributed by atoms with Gasteiger partial charge in [0, 0.05) is 22.5 Å². The van der Waals surface area contributed by atoms with E-state index in [2.05, 4.69) is 10.3 Å². The van der Waals surface area contributed by atoms with E-state index in [9.17, 15) is 4.79 Å². The van der Waals surface area contributed by atoms with Gasteiger partial charge >= 0.3 is 0 Å². The summed E-state index contributed by atoms with van der Waals surface area (Å²) in [6.45, 7) is 1.97. The zero-order valence-corrected chi connectivity index (χ0v) is 18.1. The molecule has 3 aromatic rings. The molecule has 6 nitrogen and oxygen atoms in total. The van der Waals surface area contributed by atoms with Crippen LogP contribution in [-0.4, -0.2) is 32.2 Å². The van der Waals surface area contributed by atoms with Crippen LogP contribution in [-0.2, 0) is 6.42 Å². The van der Waals surface area contributed by atoms with Crippen molar-refractivity contribution in [3.8, 4) is 17.2 Å². The topological polar surface area (TPSA) is 69.7 Å². The molecule has 1 aromatic heterocycles. The highest BCUT2D eigenvalue weighted by Gasteiger charge is 2.21. The van der Waals surface area contributed by atoms with Crippen molar-refractivity contribution in [3.05, 3.63) is 63.1 Å². The molecule has 0 fully saturated rings. The molecule has 0 atom stereocenters. The predicted molar refractivity (Wildman–Crippen MR) is 115 cm³/mol. The summed E-state index contributed by atoms with van der Waals surface area (Å²) in [5.41, 5.74) is 2.45. The molecule has 0 saturated heterocycles. The number of carbonyl (C=O) groups excluding carboxylic acids is 1. The molecule has 0 aliphatic rings. The Morgan fingerprint density at radius 1 is 1.10 bits per heavy atom. The van der Waals surface area contributed by atoms with Crippen molar-refractivity contribution >= 4 is 34.0 Å². The molecule has 152 valence electrons. The molecule has 8 heteroatoms. The van der Waals surface area contributed by atoms with Gasteiger partial charge in [0.25, 0.3) is 5.91 Å². The van der Waals surface area contributed by atoms with Crippen molar-refractivity contribution in [1.82, 2.24) is 4.98 Å². The summed E-state index contributed by atoms with van der Waals surface area (Å²) in [7, 11) is 4.49. The van der Waals surface area contributed by atoms with Gasteiger partial charge in [-0.3, -0.25) is 10.1 Å². The van der Waals surface area contributed by atoms with E-state index in [1.54, 1.807) is 18.3 Å². The van der Waals surface area contributed by atoms with E-state index < -0.39 is 0 Å². The fraction of sp³-hybridized carbons (Fsp3) is 0.238. The fourth-order valence-electron chi connectivity index (χ4n) is 2.84. The third-order valence-electron chi connectivity index (χ3n) is 4.34. The van der Waals surface area contributed by atoms with Crippen LogP contribution in [0.15, 0.2) is 36.5 Å². The number of halogens is 1. The summed E-state index contributed by atoms with van der Waals surface area (Å²) < 4.78 is 16.0. The van der Waals surface area contributed by atoms with Gasteiger partial charge in [0.1, 0.15) is 0 Å². The number of thiazole rings is 1. The van der Waals surface area contributed by atoms with E-state index in [1.807, 2.05) is 25.1 Å². The average Bonchev–Trinajstić information content (AvgIpc) is 3.15. The van der Waals surface area contributed by atoms with Crippen molar-refractivity contribution in [2.75, 3.05) is 26.6 Å². The Bertz CT molecular complexity index is 1040. The van der Waals surface area contributed by atoms with Crippen LogP contribution in [0.25, 0.3) is 0 Å². The predicted octanol–water partition coefficient (Wildman–Crippen LogP) is 4.97. The summed E-state index contributed by atoms with van der Waals surface area (Å²) in [5.74, 6) is 0.797. The number of hydrogen-bond donors (Lipinski definition) is 1. The van der Waals surface area contributed by atoms with E-state index in [0.29, 0.717) is 34.4 Å². The number of ether oxygens (including phenoxy) is 3. The number of methoxy groups -OCH3 is 3. The third-order valence-corrected chi connectivity index (χ3v) is 5.66. The summed E-state index contributed by atoms with van der Waals surface area (Å²) in [4.78, 5) is 18.1. The van der Waals surface area contributed by atoms with Crippen LogP contribution in [0.4, 0.5) is 5.13 Å². The highest BCUT2D eigenvalue weighted by atomic mass is 35.5. The molecular formula is C21H21ClN2O4S. The zero-order chi connectivity index (χ0) is 21.0. The number of carbonyl (C=O) groups is 1. The highest BCUT2D eigenvalue weighted by molar-refractivity contribution is 7.15. The number of benzene rings is 2. The minimum absolute atomic E-state index is 0.301. The quantitative estimate of drug-likeness (QED) is 0.570. The first-order chi connectivity index (χ1) is 14.0. The Morgan fingerprint density at radius 3 is 2.52 bits per heavy atom. The lowest BCUT2D eigenvalue weighted by Gasteiger charge is -2.15. The van der Waals surface area contributed by atoms with Gasteiger partial charge < -0.3 is 14.2 Å². The maximum atomic E-state index is 12.8. The summed E-state index contributed by atoms with van der Waals surface area (Å²) in [6.07, 6.45) is 2.44. The summed E-state index contributed by atoms with van der Waals surface area (Å²) in [5, 5.41) is 4.05. The minimum Gasteiger partial charge on any atom is -0.493 e. The van der Waals surface area contributed by atoms with Crippen molar-refractivity contribution in [2.24, 2.45) is 0 Å². The number of anilines is 1. The highest BCUT2D eigenvalue weighted by Crippen LogP contribution is 2.40. The number of nitrogens with one attached hydrogen (secondary N) is 1. The van der Waals surface area contributed by atoms with E-state index >= 15 is 0 Å². The normalized spacial score (nSPS) is 10.5. The Balaban J connectivity index is 1.77. The molecule has 3 rings (SSSR count). The molecule has 0 aliphatic carbocycles. The lowest BCUT2D eigenvalue weighted by Crippen LogP contribution is -2.13. The molecule has 0 saturated carbocycles. The molecule has 0 aliphatic heterocycles. The lowest BCUT2D eigenvalue weighted by atomic mass is 10.1. The van der Waals surface area contributed by atoms with E-state index in [-0.39, 0.29) is 5.91 Å². The number of rotatable bonds is 7. The molecule has 1 amide bonds. The molecule has 1 heterocycles. The molecule has 2 aromatic carbocycles. The van der Waals surface area contributed by atoms with Crippen LogP contribution < -0.4 is 19.5 Å². The molecular weight excluding hydrogens is 412 g/mol. The molecule has 0 spiro atoms. The first-order valence-corrected chi connectivity index (χ1v) is 9.96. The number of aromatic nitrogens is 1. The molecule has 1 N–H and O–H groups in total. The van der Waals surface area contributed by atoms with Gasteiger partial charge in [-0.2, -0.15) is 0 Å². The van der Waals surface area contributed by atoms with Crippen LogP contribution >= 0.6 is 22.9 Å². The van der Waals surface area contributed by atoms with Gasteiger partial charge in [-0.05, 0) is 36.2 Å². The Morgan fingerprint density at radius 2 is 1.86 bits per heavy atom. The van der Waals surface area contributed by atoms with Crippen molar-refractivity contribution in [2.45, 2.75) is 13.3 Å². The maximum Gasteiger partial charge on any atom is 0.261 e. The van der Waals surface area contributed by atoms with Crippen molar-refractivity contribution in [3.63, 3.8) is 0 Å². The fourth-order valence-corrected chi connectivity index (χ4v) is 3.88.